The van der Waals surface area contributed by atoms with E-state index in [0.29, 0.717) is 13.2 Å². The van der Waals surface area contributed by atoms with Crippen LogP contribution in [0.5, 0.6) is 0 Å². The molecule has 0 fully saturated rings. The molecular weight excluding hydrogens is 226 g/mol. The number of hydrogen-bond acceptors (Lipinski definition) is 2. The minimum Gasteiger partial charge on any atom is -0.449 e. The van der Waals surface area contributed by atoms with Crippen LogP contribution in [0.3, 0.4) is 0 Å². The second kappa shape index (κ2) is 7.75. The van der Waals surface area contributed by atoms with Gasteiger partial charge in [0, 0.05) is 13.1 Å². The number of rotatable bonds is 6. The van der Waals surface area contributed by atoms with E-state index >= 15 is 0 Å². The first-order valence-corrected chi connectivity index (χ1v) is 6.64. The van der Waals surface area contributed by atoms with E-state index in [9.17, 15) is 4.79 Å². The summed E-state index contributed by atoms with van der Waals surface area (Å²) < 4.78 is 5.19. The lowest BCUT2D eigenvalue weighted by atomic mass is 10.1. The van der Waals surface area contributed by atoms with Crippen LogP contribution in [0.1, 0.15) is 37.8 Å². The molecule has 1 aromatic carbocycles. The minimum atomic E-state index is -0.209. The molecule has 0 saturated heterocycles. The molecule has 0 saturated carbocycles. The van der Waals surface area contributed by atoms with Crippen LogP contribution in [0.25, 0.3) is 0 Å². The summed E-state index contributed by atoms with van der Waals surface area (Å²) in [7, 11) is 0. The number of amides is 1. The normalized spacial score (nSPS) is 10.2. The van der Waals surface area contributed by atoms with Crippen LogP contribution in [-0.4, -0.2) is 24.1 Å². The van der Waals surface area contributed by atoms with Gasteiger partial charge in [0.15, 0.2) is 0 Å². The number of aryl methyl sites for hydroxylation is 1. The number of carbonyl (C=O) groups is 1. The molecule has 100 valence electrons. The maximum Gasteiger partial charge on any atom is 0.410 e. The van der Waals surface area contributed by atoms with E-state index < -0.39 is 0 Å². The Kier molecular flexibility index (Phi) is 6.26. The highest BCUT2D eigenvalue weighted by atomic mass is 16.6. The number of nitrogens with zero attached hydrogens (tertiary/aromatic N) is 1. The number of benzene rings is 1. The first kappa shape index (κ1) is 14.6. The molecule has 3 nitrogen and oxygen atoms in total. The molecule has 0 N–H and O–H groups in total. The Morgan fingerprint density at radius 2 is 1.83 bits per heavy atom. The van der Waals surface area contributed by atoms with Crippen LogP contribution in [0.15, 0.2) is 24.3 Å². The number of hydrogen-bond donors (Lipinski definition) is 0. The van der Waals surface area contributed by atoms with Gasteiger partial charge >= 0.3 is 6.09 Å². The van der Waals surface area contributed by atoms with Gasteiger partial charge in [-0.2, -0.15) is 0 Å². The molecule has 0 bridgehead atoms. The van der Waals surface area contributed by atoms with Crippen LogP contribution < -0.4 is 0 Å². The molecule has 0 heterocycles. The molecule has 0 spiro atoms. The molecule has 0 aromatic heterocycles. The first-order valence-electron chi connectivity index (χ1n) is 6.64. The van der Waals surface area contributed by atoms with Crippen molar-refractivity contribution in [3.05, 3.63) is 35.4 Å². The summed E-state index contributed by atoms with van der Waals surface area (Å²) in [5, 5.41) is 0. The average Bonchev–Trinajstić information content (AvgIpc) is 2.38. The monoisotopic (exact) mass is 249 g/mol. The quantitative estimate of drug-likeness (QED) is 0.768. The van der Waals surface area contributed by atoms with Crippen LogP contribution in [0, 0.1) is 6.92 Å². The largest absolute Gasteiger partial charge is 0.449 e. The third-order valence-electron chi connectivity index (χ3n) is 2.68. The van der Waals surface area contributed by atoms with Gasteiger partial charge in [-0.1, -0.05) is 43.7 Å². The summed E-state index contributed by atoms with van der Waals surface area (Å²) in [5.74, 6) is 0. The van der Waals surface area contributed by atoms with Gasteiger partial charge in [0.25, 0.3) is 0 Å². The Morgan fingerprint density at radius 1 is 1.17 bits per heavy atom. The lowest BCUT2D eigenvalue weighted by Gasteiger charge is -2.21. The first-order chi connectivity index (χ1) is 8.67. The zero-order valence-electron chi connectivity index (χ0n) is 11.6. The highest BCUT2D eigenvalue weighted by molar-refractivity contribution is 5.67. The molecule has 0 unspecified atom stereocenters. The molecule has 0 aliphatic carbocycles. The van der Waals surface area contributed by atoms with Crippen molar-refractivity contribution in [3.8, 4) is 0 Å². The summed E-state index contributed by atoms with van der Waals surface area (Å²) >= 11 is 0. The van der Waals surface area contributed by atoms with Crippen molar-refractivity contribution in [2.45, 2.75) is 40.2 Å². The maximum absolute atomic E-state index is 11.9. The van der Waals surface area contributed by atoms with Gasteiger partial charge in [0.1, 0.15) is 0 Å². The van der Waals surface area contributed by atoms with Crippen molar-refractivity contribution in [2.75, 3.05) is 13.2 Å². The van der Waals surface area contributed by atoms with Gasteiger partial charge in [-0.15, -0.1) is 0 Å². The number of carbonyl (C=O) groups excluding carboxylic acids is 1. The van der Waals surface area contributed by atoms with Crippen LogP contribution in [-0.2, 0) is 11.3 Å². The summed E-state index contributed by atoms with van der Waals surface area (Å²) in [6, 6.07) is 8.25. The Bertz CT molecular complexity index is 359. The molecular formula is C15H23NO2. The van der Waals surface area contributed by atoms with Crippen molar-refractivity contribution in [1.29, 1.82) is 0 Å². The molecule has 0 aliphatic heterocycles. The fraction of sp³-hybridized carbons (Fsp3) is 0.533. The Labute approximate surface area is 110 Å². The van der Waals surface area contributed by atoms with E-state index in [4.69, 9.17) is 4.74 Å². The predicted molar refractivity (Wildman–Crippen MR) is 73.5 cm³/mol. The lowest BCUT2D eigenvalue weighted by molar-refractivity contribution is 0.0997. The zero-order valence-corrected chi connectivity index (χ0v) is 11.6. The van der Waals surface area contributed by atoms with Gasteiger partial charge in [-0.3, -0.25) is 0 Å². The molecule has 1 aromatic rings. The number of ether oxygens (including phenoxy) is 1. The van der Waals surface area contributed by atoms with Gasteiger partial charge in [-0.25, -0.2) is 4.79 Å². The highest BCUT2D eigenvalue weighted by Crippen LogP contribution is 2.09. The maximum atomic E-state index is 11.9. The van der Waals surface area contributed by atoms with E-state index in [1.54, 1.807) is 4.90 Å². The van der Waals surface area contributed by atoms with Gasteiger partial charge in [0.2, 0.25) is 0 Å². The second-order valence-corrected chi connectivity index (χ2v) is 4.52. The third-order valence-corrected chi connectivity index (χ3v) is 2.68. The molecule has 0 atom stereocenters. The van der Waals surface area contributed by atoms with Crippen molar-refractivity contribution in [3.63, 3.8) is 0 Å². The highest BCUT2D eigenvalue weighted by Gasteiger charge is 2.13. The third kappa shape index (κ3) is 4.78. The average molecular weight is 249 g/mol. The van der Waals surface area contributed by atoms with Crippen molar-refractivity contribution in [1.82, 2.24) is 4.90 Å². The van der Waals surface area contributed by atoms with E-state index in [0.717, 1.165) is 24.9 Å². The summed E-state index contributed by atoms with van der Waals surface area (Å²) in [5.41, 5.74) is 2.37. The van der Waals surface area contributed by atoms with Crippen LogP contribution in [0.2, 0.25) is 0 Å². The summed E-state index contributed by atoms with van der Waals surface area (Å²) in [4.78, 5) is 13.6. The van der Waals surface area contributed by atoms with E-state index in [2.05, 4.69) is 38.1 Å². The fourth-order valence-electron chi connectivity index (χ4n) is 1.70. The minimum absolute atomic E-state index is 0.209. The van der Waals surface area contributed by atoms with Gasteiger partial charge in [0.05, 0.1) is 6.61 Å². The van der Waals surface area contributed by atoms with Gasteiger partial charge < -0.3 is 9.64 Å². The predicted octanol–water partition coefficient (Wildman–Crippen LogP) is 3.75. The molecule has 0 aliphatic rings. The van der Waals surface area contributed by atoms with E-state index in [1.165, 1.54) is 5.56 Å². The fourth-order valence-corrected chi connectivity index (χ4v) is 1.70. The molecule has 0 radical (unpaired) electrons. The van der Waals surface area contributed by atoms with E-state index in [1.807, 2.05) is 6.92 Å². The van der Waals surface area contributed by atoms with Crippen LogP contribution >= 0.6 is 0 Å². The zero-order chi connectivity index (χ0) is 13.4. The molecule has 3 heteroatoms. The lowest BCUT2D eigenvalue weighted by Crippen LogP contribution is -2.32. The SMILES string of the molecule is CCCOC(=O)N(CCC)Cc1ccc(C)cc1. The van der Waals surface area contributed by atoms with Crippen LogP contribution in [0.4, 0.5) is 4.79 Å². The summed E-state index contributed by atoms with van der Waals surface area (Å²) in [6.07, 6.45) is 1.59. The molecule has 18 heavy (non-hydrogen) atoms. The Morgan fingerprint density at radius 3 is 2.39 bits per heavy atom. The van der Waals surface area contributed by atoms with Crippen molar-refractivity contribution >= 4 is 6.09 Å². The van der Waals surface area contributed by atoms with Crippen molar-refractivity contribution in [2.24, 2.45) is 0 Å². The molecule has 1 amide bonds. The smallest absolute Gasteiger partial charge is 0.410 e. The standard InChI is InChI=1S/C15H23NO2/c1-4-10-16(15(17)18-11-5-2)12-14-8-6-13(3)7-9-14/h6-9H,4-5,10-12H2,1-3H3. The summed E-state index contributed by atoms with van der Waals surface area (Å²) in [6.45, 7) is 7.97. The van der Waals surface area contributed by atoms with Crippen molar-refractivity contribution < 1.29 is 9.53 Å². The second-order valence-electron chi connectivity index (χ2n) is 4.52. The Balaban J connectivity index is 2.61. The topological polar surface area (TPSA) is 29.5 Å². The van der Waals surface area contributed by atoms with E-state index in [-0.39, 0.29) is 6.09 Å². The van der Waals surface area contributed by atoms with Gasteiger partial charge in [-0.05, 0) is 25.3 Å². The Hall–Kier alpha value is -1.51. The molecule has 1 rings (SSSR count).